The highest BCUT2D eigenvalue weighted by molar-refractivity contribution is 5.85. The summed E-state index contributed by atoms with van der Waals surface area (Å²) in [6.07, 6.45) is -0.935. The van der Waals surface area contributed by atoms with Crippen LogP contribution in [0.2, 0.25) is 0 Å². The molecule has 0 amide bonds. The molecule has 0 atom stereocenters. The van der Waals surface area contributed by atoms with E-state index < -0.39 is 11.7 Å². The number of benzene rings is 3. The normalized spacial score (nSPS) is 12.1. The Labute approximate surface area is 158 Å². The van der Waals surface area contributed by atoms with Gasteiger partial charge in [0, 0.05) is 5.56 Å². The maximum absolute atomic E-state index is 12.6. The first-order valence-electron chi connectivity index (χ1n) is 8.54. The SMILES string of the molecule is Oc1ccccc1-c1ccc2nc(/C=C/c3ccc(C(F)(F)F)cc3)[nH]c2c1. The molecule has 0 bridgehead atoms. The number of fused-ring (bicyclic) bond motifs is 1. The Morgan fingerprint density at radius 1 is 0.893 bits per heavy atom. The van der Waals surface area contributed by atoms with Crippen molar-refractivity contribution in [1.29, 1.82) is 0 Å². The van der Waals surface area contributed by atoms with Crippen LogP contribution in [-0.2, 0) is 6.18 Å². The van der Waals surface area contributed by atoms with Crippen LogP contribution in [0.1, 0.15) is 17.0 Å². The predicted octanol–water partition coefficient (Wildman–Crippen LogP) is 6.12. The van der Waals surface area contributed by atoms with Crippen LogP contribution in [0.3, 0.4) is 0 Å². The first-order chi connectivity index (χ1) is 13.4. The Hall–Kier alpha value is -3.54. The molecule has 0 fully saturated rings. The van der Waals surface area contributed by atoms with Gasteiger partial charge in [0.15, 0.2) is 0 Å². The second-order valence-electron chi connectivity index (χ2n) is 6.32. The molecule has 4 rings (SSSR count). The summed E-state index contributed by atoms with van der Waals surface area (Å²) in [6, 6.07) is 17.6. The van der Waals surface area contributed by atoms with E-state index in [1.165, 1.54) is 12.1 Å². The maximum Gasteiger partial charge on any atom is 0.416 e. The van der Waals surface area contributed by atoms with Crippen molar-refractivity contribution in [1.82, 2.24) is 9.97 Å². The van der Waals surface area contributed by atoms with Gasteiger partial charge in [-0.1, -0.05) is 42.5 Å². The molecule has 140 valence electrons. The van der Waals surface area contributed by atoms with E-state index in [1.54, 1.807) is 24.3 Å². The highest BCUT2D eigenvalue weighted by Crippen LogP contribution is 2.31. The number of nitrogens with zero attached hydrogens (tertiary/aromatic N) is 1. The van der Waals surface area contributed by atoms with Gasteiger partial charge in [-0.15, -0.1) is 0 Å². The number of halogens is 3. The van der Waals surface area contributed by atoms with E-state index in [2.05, 4.69) is 9.97 Å². The van der Waals surface area contributed by atoms with Crippen molar-refractivity contribution in [2.45, 2.75) is 6.18 Å². The summed E-state index contributed by atoms with van der Waals surface area (Å²) in [5.74, 6) is 0.785. The lowest BCUT2D eigenvalue weighted by Crippen LogP contribution is -2.03. The van der Waals surface area contributed by atoms with E-state index in [-0.39, 0.29) is 5.75 Å². The quantitative estimate of drug-likeness (QED) is 0.449. The summed E-state index contributed by atoms with van der Waals surface area (Å²) in [5.41, 5.74) is 3.10. The number of aromatic nitrogens is 2. The first kappa shape index (κ1) is 17.9. The van der Waals surface area contributed by atoms with Gasteiger partial charge in [0.05, 0.1) is 16.6 Å². The zero-order chi connectivity index (χ0) is 19.7. The average Bonchev–Trinajstić information content (AvgIpc) is 3.08. The third-order valence-electron chi connectivity index (χ3n) is 4.39. The number of alkyl halides is 3. The molecule has 0 radical (unpaired) electrons. The van der Waals surface area contributed by atoms with Crippen molar-refractivity contribution in [3.05, 3.63) is 83.7 Å². The lowest BCUT2D eigenvalue weighted by atomic mass is 10.0. The third-order valence-corrected chi connectivity index (χ3v) is 4.39. The molecule has 2 N–H and O–H groups in total. The van der Waals surface area contributed by atoms with E-state index in [4.69, 9.17) is 0 Å². The Kier molecular flexibility index (Phi) is 4.39. The number of para-hydroxylation sites is 1. The number of aromatic hydroxyl groups is 1. The van der Waals surface area contributed by atoms with Crippen LogP contribution in [0.15, 0.2) is 66.7 Å². The first-order valence-corrected chi connectivity index (χ1v) is 8.54. The summed E-state index contributed by atoms with van der Waals surface area (Å²) in [6.45, 7) is 0. The smallest absolute Gasteiger partial charge is 0.416 e. The molecule has 28 heavy (non-hydrogen) atoms. The number of nitrogens with one attached hydrogen (secondary N) is 1. The zero-order valence-electron chi connectivity index (χ0n) is 14.5. The van der Waals surface area contributed by atoms with Gasteiger partial charge in [-0.05, 0) is 47.5 Å². The molecule has 6 heteroatoms. The predicted molar refractivity (Wildman–Crippen MR) is 104 cm³/mol. The Morgan fingerprint density at radius 2 is 1.64 bits per heavy atom. The van der Waals surface area contributed by atoms with Crippen LogP contribution in [-0.4, -0.2) is 15.1 Å². The van der Waals surface area contributed by atoms with E-state index >= 15 is 0 Å². The standard InChI is InChI=1S/C22H15F3N2O/c23-22(24,25)16-9-5-14(6-10-16)7-12-21-26-18-11-8-15(13-19(18)27-21)17-3-1-2-4-20(17)28/h1-13,28H,(H,26,27)/b12-7+. The van der Waals surface area contributed by atoms with Gasteiger partial charge in [-0.3, -0.25) is 0 Å². The minimum atomic E-state index is -4.34. The number of phenolic OH excluding ortho intramolecular Hbond substituents is 1. The number of hydrogen-bond acceptors (Lipinski definition) is 2. The minimum absolute atomic E-state index is 0.198. The summed E-state index contributed by atoms with van der Waals surface area (Å²) in [7, 11) is 0. The topological polar surface area (TPSA) is 48.9 Å². The maximum atomic E-state index is 12.6. The van der Waals surface area contributed by atoms with E-state index in [1.807, 2.05) is 30.3 Å². The largest absolute Gasteiger partial charge is 0.507 e. The fourth-order valence-corrected chi connectivity index (χ4v) is 2.95. The molecule has 0 aliphatic heterocycles. The number of hydrogen-bond donors (Lipinski definition) is 2. The van der Waals surface area contributed by atoms with Crippen molar-refractivity contribution < 1.29 is 18.3 Å². The molecule has 0 aliphatic carbocycles. The van der Waals surface area contributed by atoms with Crippen molar-refractivity contribution in [2.75, 3.05) is 0 Å². The van der Waals surface area contributed by atoms with Crippen molar-refractivity contribution in [3.8, 4) is 16.9 Å². The van der Waals surface area contributed by atoms with Gasteiger partial charge in [-0.25, -0.2) is 4.98 Å². The highest BCUT2D eigenvalue weighted by atomic mass is 19.4. The Morgan fingerprint density at radius 3 is 2.36 bits per heavy atom. The summed E-state index contributed by atoms with van der Waals surface area (Å²) in [5, 5.41) is 10.0. The van der Waals surface area contributed by atoms with Gasteiger partial charge < -0.3 is 10.1 Å². The van der Waals surface area contributed by atoms with Crippen molar-refractivity contribution in [3.63, 3.8) is 0 Å². The number of phenols is 1. The Bertz CT molecular complexity index is 1160. The molecule has 0 unspecified atom stereocenters. The molecule has 3 nitrogen and oxygen atoms in total. The Balaban J connectivity index is 1.60. The summed E-state index contributed by atoms with van der Waals surface area (Å²) in [4.78, 5) is 7.63. The van der Waals surface area contributed by atoms with Crippen LogP contribution in [0.4, 0.5) is 13.2 Å². The van der Waals surface area contributed by atoms with Crippen LogP contribution in [0.5, 0.6) is 5.75 Å². The van der Waals surface area contributed by atoms with Crippen LogP contribution < -0.4 is 0 Å². The number of H-pyrrole nitrogens is 1. The van der Waals surface area contributed by atoms with Gasteiger partial charge in [0.1, 0.15) is 11.6 Å². The highest BCUT2D eigenvalue weighted by Gasteiger charge is 2.29. The molecule has 0 saturated heterocycles. The van der Waals surface area contributed by atoms with Gasteiger partial charge in [-0.2, -0.15) is 13.2 Å². The van der Waals surface area contributed by atoms with Crippen LogP contribution in [0.25, 0.3) is 34.3 Å². The molecule has 0 saturated carbocycles. The molecular formula is C22H15F3N2O. The fraction of sp³-hybridized carbons (Fsp3) is 0.0455. The second kappa shape index (κ2) is 6.88. The molecule has 3 aromatic carbocycles. The molecule has 1 aromatic heterocycles. The van der Waals surface area contributed by atoms with Crippen molar-refractivity contribution >= 4 is 23.2 Å². The lowest BCUT2D eigenvalue weighted by molar-refractivity contribution is -0.137. The van der Waals surface area contributed by atoms with E-state index in [0.717, 1.165) is 34.3 Å². The number of aromatic amines is 1. The lowest BCUT2D eigenvalue weighted by Gasteiger charge is -2.05. The zero-order valence-corrected chi connectivity index (χ0v) is 14.5. The number of rotatable bonds is 3. The second-order valence-corrected chi connectivity index (χ2v) is 6.32. The van der Waals surface area contributed by atoms with Gasteiger partial charge in [0.2, 0.25) is 0 Å². The molecule has 1 heterocycles. The summed E-state index contributed by atoms with van der Waals surface area (Å²) < 4.78 is 37.9. The monoisotopic (exact) mass is 380 g/mol. The number of imidazole rings is 1. The van der Waals surface area contributed by atoms with Crippen LogP contribution >= 0.6 is 0 Å². The summed E-state index contributed by atoms with van der Waals surface area (Å²) >= 11 is 0. The molecule has 0 aliphatic rings. The van der Waals surface area contributed by atoms with Crippen LogP contribution in [0, 0.1) is 0 Å². The van der Waals surface area contributed by atoms with Crippen molar-refractivity contribution in [2.24, 2.45) is 0 Å². The average molecular weight is 380 g/mol. The molecule has 4 aromatic rings. The molecule has 0 spiro atoms. The molecular weight excluding hydrogens is 365 g/mol. The minimum Gasteiger partial charge on any atom is -0.507 e. The van der Waals surface area contributed by atoms with E-state index in [9.17, 15) is 18.3 Å². The van der Waals surface area contributed by atoms with Gasteiger partial charge in [0.25, 0.3) is 0 Å². The van der Waals surface area contributed by atoms with Gasteiger partial charge >= 0.3 is 6.18 Å². The fourth-order valence-electron chi connectivity index (χ4n) is 2.95. The van der Waals surface area contributed by atoms with E-state index in [0.29, 0.717) is 11.4 Å². The third kappa shape index (κ3) is 3.62.